The van der Waals surface area contributed by atoms with Gasteiger partial charge in [0.1, 0.15) is 15.6 Å². The van der Waals surface area contributed by atoms with Gasteiger partial charge in [-0.3, -0.25) is 4.79 Å². The van der Waals surface area contributed by atoms with Crippen molar-refractivity contribution in [3.63, 3.8) is 0 Å². The van der Waals surface area contributed by atoms with Gasteiger partial charge in [0.15, 0.2) is 6.29 Å². The molecule has 2 aromatic rings. The predicted molar refractivity (Wildman–Crippen MR) is 99.9 cm³/mol. The highest BCUT2D eigenvalue weighted by molar-refractivity contribution is 7.99. The Morgan fingerprint density at radius 3 is 2.76 bits per heavy atom. The molecule has 1 unspecified atom stereocenters. The molecule has 134 valence electrons. The van der Waals surface area contributed by atoms with Crippen LogP contribution in [0.4, 0.5) is 4.39 Å². The van der Waals surface area contributed by atoms with E-state index >= 15 is 0 Å². The average Bonchev–Trinajstić information content (AvgIpc) is 2.57. The highest BCUT2D eigenvalue weighted by Gasteiger charge is 2.27. The van der Waals surface area contributed by atoms with Gasteiger partial charge in [0.25, 0.3) is 0 Å². The van der Waals surface area contributed by atoms with Crippen molar-refractivity contribution in [2.45, 2.75) is 42.0 Å². The van der Waals surface area contributed by atoms with E-state index in [1.54, 1.807) is 24.4 Å². The summed E-state index contributed by atoms with van der Waals surface area (Å²) in [5.74, 6) is -0.575. The minimum absolute atomic E-state index is 0.0145. The third kappa shape index (κ3) is 5.18. The number of carbonyl (C=O) groups is 1. The standard InChI is InChI=1S/C17H18ClFN2O2S2/c1-17(2,3)25(23)21-9-12-14(7-6-13(18)15(12)19)24-16-11(10-22)5-4-8-20-16/h4-8,10,21H,9H2,1-3H3. The van der Waals surface area contributed by atoms with Crippen molar-refractivity contribution < 1.29 is 13.7 Å². The first-order valence-corrected chi connectivity index (χ1v) is 9.78. The zero-order valence-electron chi connectivity index (χ0n) is 14.0. The molecule has 0 aliphatic rings. The number of aromatic nitrogens is 1. The molecule has 1 aromatic carbocycles. The van der Waals surface area contributed by atoms with Gasteiger partial charge in [0, 0.05) is 33.6 Å². The molecule has 0 aliphatic carbocycles. The second-order valence-corrected chi connectivity index (χ2v) is 9.65. The maximum Gasteiger partial charge on any atom is 0.152 e. The van der Waals surface area contributed by atoms with Gasteiger partial charge >= 0.3 is 0 Å². The zero-order chi connectivity index (χ0) is 18.6. The van der Waals surface area contributed by atoms with E-state index in [2.05, 4.69) is 9.71 Å². The molecule has 1 heterocycles. The largest absolute Gasteiger partial charge is 0.598 e. The van der Waals surface area contributed by atoms with Crippen LogP contribution in [0.2, 0.25) is 5.02 Å². The van der Waals surface area contributed by atoms with Crippen LogP contribution in [-0.2, 0) is 17.9 Å². The van der Waals surface area contributed by atoms with E-state index in [4.69, 9.17) is 11.6 Å². The summed E-state index contributed by atoms with van der Waals surface area (Å²) in [5.41, 5.74) is 0.706. The number of carbonyl (C=O) groups excluding carboxylic acids is 1. The lowest BCUT2D eigenvalue weighted by molar-refractivity contribution is 0.112. The molecule has 0 radical (unpaired) electrons. The number of hydrogen-bond donors (Lipinski definition) is 1. The minimum Gasteiger partial charge on any atom is -0.598 e. The van der Waals surface area contributed by atoms with Gasteiger partial charge in [-0.25, -0.2) is 9.37 Å². The summed E-state index contributed by atoms with van der Waals surface area (Å²) in [4.78, 5) is 15.9. The van der Waals surface area contributed by atoms with E-state index in [0.717, 1.165) is 0 Å². The molecule has 0 amide bonds. The van der Waals surface area contributed by atoms with Gasteiger partial charge in [-0.2, -0.15) is 0 Å². The van der Waals surface area contributed by atoms with Crippen molar-refractivity contribution in [1.29, 1.82) is 0 Å². The maximum absolute atomic E-state index is 14.5. The Kier molecular flexibility index (Phi) is 6.87. The highest BCUT2D eigenvalue weighted by atomic mass is 35.5. The van der Waals surface area contributed by atoms with E-state index in [0.29, 0.717) is 21.8 Å². The number of nitrogens with one attached hydrogen (secondary N) is 1. The predicted octanol–water partition coefficient (Wildman–Crippen LogP) is 4.39. The smallest absolute Gasteiger partial charge is 0.152 e. The third-order valence-electron chi connectivity index (χ3n) is 3.22. The van der Waals surface area contributed by atoms with Crippen molar-refractivity contribution in [3.05, 3.63) is 52.4 Å². The van der Waals surface area contributed by atoms with Gasteiger partial charge in [-0.1, -0.05) is 23.4 Å². The van der Waals surface area contributed by atoms with Crippen molar-refractivity contribution >= 4 is 41.0 Å². The molecule has 0 aliphatic heterocycles. The van der Waals surface area contributed by atoms with Crippen molar-refractivity contribution in [2.75, 3.05) is 0 Å². The molecule has 1 atom stereocenters. The first-order chi connectivity index (χ1) is 11.7. The lowest BCUT2D eigenvalue weighted by Gasteiger charge is -2.24. The Hall–Kier alpha value is -1.12. The van der Waals surface area contributed by atoms with Crippen molar-refractivity contribution in [2.24, 2.45) is 0 Å². The Labute approximate surface area is 158 Å². The maximum atomic E-state index is 14.5. The molecule has 0 spiro atoms. The number of hydrogen-bond acceptors (Lipinski definition) is 5. The minimum atomic E-state index is -1.35. The fraction of sp³-hybridized carbons (Fsp3) is 0.294. The zero-order valence-corrected chi connectivity index (χ0v) is 16.4. The van der Waals surface area contributed by atoms with Crippen LogP contribution in [0.15, 0.2) is 40.4 Å². The van der Waals surface area contributed by atoms with E-state index < -0.39 is 21.9 Å². The monoisotopic (exact) mass is 400 g/mol. The molecule has 0 bridgehead atoms. The SMILES string of the molecule is CC(C)(C)[S+]([O-])NCc1c(Sc2ncccc2C=O)ccc(Cl)c1F. The van der Waals surface area contributed by atoms with Gasteiger partial charge in [0.05, 0.1) is 11.6 Å². The molecular weight excluding hydrogens is 383 g/mol. The summed E-state index contributed by atoms with van der Waals surface area (Å²) in [6, 6.07) is 6.41. The van der Waals surface area contributed by atoms with E-state index in [-0.39, 0.29) is 17.1 Å². The van der Waals surface area contributed by atoms with Crippen LogP contribution in [0.1, 0.15) is 36.7 Å². The van der Waals surface area contributed by atoms with Gasteiger partial charge < -0.3 is 4.55 Å². The Bertz CT molecular complexity index is 769. The van der Waals surface area contributed by atoms with Crippen molar-refractivity contribution in [3.8, 4) is 0 Å². The van der Waals surface area contributed by atoms with Crippen LogP contribution in [0.25, 0.3) is 0 Å². The van der Waals surface area contributed by atoms with Crippen LogP contribution in [0, 0.1) is 5.82 Å². The Morgan fingerprint density at radius 2 is 2.12 bits per heavy atom. The third-order valence-corrected chi connectivity index (χ3v) is 6.17. The summed E-state index contributed by atoms with van der Waals surface area (Å²) < 4.78 is 29.1. The van der Waals surface area contributed by atoms with Gasteiger partial charge in [-0.15, -0.1) is 4.72 Å². The van der Waals surface area contributed by atoms with E-state index in [1.165, 1.54) is 17.8 Å². The molecule has 2 rings (SSSR count). The number of benzene rings is 1. The lowest BCUT2D eigenvalue weighted by Crippen LogP contribution is -2.39. The summed E-state index contributed by atoms with van der Waals surface area (Å²) in [6.07, 6.45) is 2.27. The summed E-state index contributed by atoms with van der Waals surface area (Å²) in [5, 5.41) is 0.455. The molecule has 8 heteroatoms. The normalized spacial score (nSPS) is 12.9. The van der Waals surface area contributed by atoms with Crippen LogP contribution >= 0.6 is 23.4 Å². The Balaban J connectivity index is 2.32. The highest BCUT2D eigenvalue weighted by Crippen LogP contribution is 2.34. The second kappa shape index (κ2) is 8.51. The summed E-state index contributed by atoms with van der Waals surface area (Å²) in [6.45, 7) is 5.51. The molecular formula is C17H18ClFN2O2S2. The molecule has 4 nitrogen and oxygen atoms in total. The van der Waals surface area contributed by atoms with Gasteiger partial charge in [0.2, 0.25) is 0 Å². The van der Waals surface area contributed by atoms with Gasteiger partial charge in [-0.05, 0) is 45.0 Å². The fourth-order valence-corrected chi connectivity index (χ4v) is 3.73. The summed E-state index contributed by atoms with van der Waals surface area (Å²) in [7, 11) is 0. The summed E-state index contributed by atoms with van der Waals surface area (Å²) >= 11 is 5.71. The molecule has 25 heavy (non-hydrogen) atoms. The van der Waals surface area contributed by atoms with Crippen LogP contribution in [0.5, 0.6) is 0 Å². The number of nitrogens with zero attached hydrogens (tertiary/aromatic N) is 1. The average molecular weight is 401 g/mol. The van der Waals surface area contributed by atoms with Crippen molar-refractivity contribution in [1.82, 2.24) is 9.71 Å². The number of rotatable bonds is 6. The molecule has 0 saturated heterocycles. The molecule has 1 N–H and O–H groups in total. The number of pyridine rings is 1. The first kappa shape index (κ1) is 20.2. The molecule has 0 saturated carbocycles. The van der Waals surface area contributed by atoms with Crippen LogP contribution in [-0.4, -0.2) is 20.6 Å². The number of aldehydes is 1. The van der Waals surface area contributed by atoms with Crippen LogP contribution < -0.4 is 4.72 Å². The second-order valence-electron chi connectivity index (χ2n) is 6.16. The quantitative estimate of drug-likeness (QED) is 0.575. The van der Waals surface area contributed by atoms with E-state index in [9.17, 15) is 13.7 Å². The number of halogens is 2. The molecule has 0 fully saturated rings. The first-order valence-electron chi connectivity index (χ1n) is 7.44. The lowest BCUT2D eigenvalue weighted by atomic mass is 10.2. The molecule has 1 aromatic heterocycles. The fourth-order valence-electron chi connectivity index (χ4n) is 1.87. The van der Waals surface area contributed by atoms with Crippen LogP contribution in [0.3, 0.4) is 0 Å². The van der Waals surface area contributed by atoms with E-state index in [1.807, 2.05) is 20.8 Å². The Morgan fingerprint density at radius 1 is 1.40 bits per heavy atom. The topological polar surface area (TPSA) is 65.0 Å².